The van der Waals surface area contributed by atoms with E-state index in [1.807, 2.05) is 0 Å². The van der Waals surface area contributed by atoms with Crippen molar-refractivity contribution >= 4 is 21.9 Å². The molecule has 8 nitrogen and oxygen atoms in total. The average molecular weight is 306 g/mol. The summed E-state index contributed by atoms with van der Waals surface area (Å²) in [5.41, 5.74) is 0. The predicted molar refractivity (Wildman–Crippen MR) is 68.5 cm³/mol. The third-order valence-electron chi connectivity index (χ3n) is 3.47. The van der Waals surface area contributed by atoms with Crippen molar-refractivity contribution < 1.29 is 27.9 Å². The number of aliphatic carboxylic acids is 1. The highest BCUT2D eigenvalue weighted by molar-refractivity contribution is 7.89. The third-order valence-corrected chi connectivity index (χ3v) is 5.43. The molecule has 0 saturated carbocycles. The minimum absolute atomic E-state index is 0.0148. The Bertz CT molecular complexity index is 491. The van der Waals surface area contributed by atoms with E-state index in [2.05, 4.69) is 0 Å². The van der Waals surface area contributed by atoms with Gasteiger partial charge in [0.05, 0.1) is 18.9 Å². The number of hydrogen-bond acceptors (Lipinski definition) is 5. The number of rotatable bonds is 4. The van der Waals surface area contributed by atoms with Crippen LogP contribution in [0.2, 0.25) is 0 Å². The molecule has 1 unspecified atom stereocenters. The molecule has 2 fully saturated rings. The number of ether oxygens (including phenoxy) is 1. The summed E-state index contributed by atoms with van der Waals surface area (Å²) in [7, 11) is -3.19. The Morgan fingerprint density at radius 1 is 1.30 bits per heavy atom. The molecular formula is C11H18N2O6S. The Morgan fingerprint density at radius 3 is 2.65 bits per heavy atom. The fourth-order valence-corrected chi connectivity index (χ4v) is 3.87. The number of carbonyl (C=O) groups is 2. The molecule has 2 aliphatic heterocycles. The van der Waals surface area contributed by atoms with Gasteiger partial charge >= 0.3 is 5.97 Å². The molecule has 0 aromatic carbocycles. The van der Waals surface area contributed by atoms with Crippen LogP contribution in [0, 0.1) is 0 Å². The van der Waals surface area contributed by atoms with Crippen molar-refractivity contribution in [2.24, 2.45) is 0 Å². The highest BCUT2D eigenvalue weighted by Crippen LogP contribution is 2.14. The number of amides is 1. The molecule has 0 bridgehead atoms. The zero-order chi connectivity index (χ0) is 14.8. The number of carboxylic acid groups (broad SMARTS) is 1. The number of carbonyl (C=O) groups excluding carboxylic acids is 1. The van der Waals surface area contributed by atoms with E-state index in [-0.39, 0.29) is 37.8 Å². The molecule has 114 valence electrons. The van der Waals surface area contributed by atoms with Crippen LogP contribution in [0.5, 0.6) is 0 Å². The summed E-state index contributed by atoms with van der Waals surface area (Å²) in [6.45, 7) is 1.16. The van der Waals surface area contributed by atoms with Crippen LogP contribution < -0.4 is 0 Å². The molecule has 1 atom stereocenters. The molecule has 0 spiro atoms. The van der Waals surface area contributed by atoms with E-state index >= 15 is 0 Å². The van der Waals surface area contributed by atoms with Crippen LogP contribution in [-0.2, 0) is 24.3 Å². The highest BCUT2D eigenvalue weighted by Gasteiger charge is 2.31. The van der Waals surface area contributed by atoms with Crippen molar-refractivity contribution in [1.82, 2.24) is 9.21 Å². The monoisotopic (exact) mass is 306 g/mol. The second-order valence-electron chi connectivity index (χ2n) is 4.86. The SMILES string of the molecule is O=C(O)C1CN(C(=O)CCN2CCCS2(=O)=O)CCO1. The van der Waals surface area contributed by atoms with Crippen LogP contribution in [0.3, 0.4) is 0 Å². The van der Waals surface area contributed by atoms with Gasteiger partial charge in [0.2, 0.25) is 15.9 Å². The number of sulfonamides is 1. The second kappa shape index (κ2) is 6.06. The minimum Gasteiger partial charge on any atom is -0.479 e. The maximum Gasteiger partial charge on any atom is 0.334 e. The molecular weight excluding hydrogens is 288 g/mol. The average Bonchev–Trinajstić information content (AvgIpc) is 2.75. The number of hydrogen-bond donors (Lipinski definition) is 1. The van der Waals surface area contributed by atoms with Crippen LogP contribution >= 0.6 is 0 Å². The molecule has 0 aromatic rings. The van der Waals surface area contributed by atoms with Gasteiger partial charge in [0.25, 0.3) is 0 Å². The summed E-state index contributed by atoms with van der Waals surface area (Å²) in [5.74, 6) is -1.19. The Kier molecular flexibility index (Phi) is 4.61. The van der Waals surface area contributed by atoms with Crippen molar-refractivity contribution in [1.29, 1.82) is 0 Å². The Hall–Kier alpha value is -1.19. The summed E-state index contributed by atoms with van der Waals surface area (Å²) in [4.78, 5) is 24.2. The van der Waals surface area contributed by atoms with Crippen molar-refractivity contribution in [2.75, 3.05) is 38.5 Å². The van der Waals surface area contributed by atoms with Crippen molar-refractivity contribution in [3.05, 3.63) is 0 Å². The van der Waals surface area contributed by atoms with E-state index in [0.717, 1.165) is 0 Å². The van der Waals surface area contributed by atoms with Gasteiger partial charge in [-0.05, 0) is 6.42 Å². The van der Waals surface area contributed by atoms with Gasteiger partial charge in [-0.3, -0.25) is 4.79 Å². The summed E-state index contributed by atoms with van der Waals surface area (Å²) in [6, 6.07) is 0. The summed E-state index contributed by atoms with van der Waals surface area (Å²) in [6.07, 6.45) is -0.330. The molecule has 2 heterocycles. The lowest BCUT2D eigenvalue weighted by molar-refractivity contribution is -0.159. The fourth-order valence-electron chi connectivity index (χ4n) is 2.35. The van der Waals surface area contributed by atoms with Crippen LogP contribution in [0.15, 0.2) is 0 Å². The van der Waals surface area contributed by atoms with Gasteiger partial charge < -0.3 is 14.7 Å². The van der Waals surface area contributed by atoms with Gasteiger partial charge in [0, 0.05) is 26.1 Å². The molecule has 9 heteroatoms. The van der Waals surface area contributed by atoms with Crippen LogP contribution in [-0.4, -0.2) is 79.2 Å². The van der Waals surface area contributed by atoms with Gasteiger partial charge in [-0.25, -0.2) is 17.5 Å². The maximum atomic E-state index is 12.0. The Balaban J connectivity index is 1.84. The maximum absolute atomic E-state index is 12.0. The van der Waals surface area contributed by atoms with E-state index in [1.165, 1.54) is 9.21 Å². The van der Waals surface area contributed by atoms with Gasteiger partial charge in [0.1, 0.15) is 0 Å². The molecule has 20 heavy (non-hydrogen) atoms. The Labute approximate surface area is 117 Å². The molecule has 0 radical (unpaired) electrons. The summed E-state index contributed by atoms with van der Waals surface area (Å²) >= 11 is 0. The molecule has 1 amide bonds. The van der Waals surface area contributed by atoms with Crippen molar-refractivity contribution in [2.45, 2.75) is 18.9 Å². The molecule has 1 N–H and O–H groups in total. The second-order valence-corrected chi connectivity index (χ2v) is 6.94. The normalized spacial score (nSPS) is 26.6. The molecule has 0 aromatic heterocycles. The van der Waals surface area contributed by atoms with Gasteiger partial charge in [-0.1, -0.05) is 0 Å². The molecule has 2 rings (SSSR count). The molecule has 0 aliphatic carbocycles. The molecule has 2 aliphatic rings. The third kappa shape index (κ3) is 3.47. The lowest BCUT2D eigenvalue weighted by Crippen LogP contribution is -2.49. The quantitative estimate of drug-likeness (QED) is 0.694. The first-order valence-electron chi connectivity index (χ1n) is 6.50. The van der Waals surface area contributed by atoms with E-state index < -0.39 is 22.1 Å². The van der Waals surface area contributed by atoms with Gasteiger partial charge in [-0.15, -0.1) is 0 Å². The number of morpholine rings is 1. The first-order chi connectivity index (χ1) is 9.40. The summed E-state index contributed by atoms with van der Waals surface area (Å²) < 4.78 is 29.5. The van der Waals surface area contributed by atoms with Crippen LogP contribution in [0.1, 0.15) is 12.8 Å². The van der Waals surface area contributed by atoms with Crippen molar-refractivity contribution in [3.8, 4) is 0 Å². The zero-order valence-electron chi connectivity index (χ0n) is 11.0. The van der Waals surface area contributed by atoms with Crippen LogP contribution in [0.4, 0.5) is 0 Å². The fraction of sp³-hybridized carbons (Fsp3) is 0.818. The van der Waals surface area contributed by atoms with Crippen molar-refractivity contribution in [3.63, 3.8) is 0 Å². The smallest absolute Gasteiger partial charge is 0.334 e. The van der Waals surface area contributed by atoms with Gasteiger partial charge in [0.15, 0.2) is 6.10 Å². The largest absolute Gasteiger partial charge is 0.479 e. The lowest BCUT2D eigenvalue weighted by atomic mass is 10.2. The Morgan fingerprint density at radius 2 is 2.05 bits per heavy atom. The number of carboxylic acids is 1. The van der Waals surface area contributed by atoms with E-state index in [0.29, 0.717) is 19.5 Å². The number of nitrogens with zero attached hydrogens (tertiary/aromatic N) is 2. The predicted octanol–water partition coefficient (Wildman–Crippen LogP) is -1.28. The van der Waals surface area contributed by atoms with Crippen LogP contribution in [0.25, 0.3) is 0 Å². The molecule has 2 saturated heterocycles. The first-order valence-corrected chi connectivity index (χ1v) is 8.11. The first kappa shape index (κ1) is 15.2. The van der Waals surface area contributed by atoms with E-state index in [9.17, 15) is 18.0 Å². The topological polar surface area (TPSA) is 104 Å². The van der Waals surface area contributed by atoms with E-state index in [4.69, 9.17) is 9.84 Å². The lowest BCUT2D eigenvalue weighted by Gasteiger charge is -2.31. The van der Waals surface area contributed by atoms with Gasteiger partial charge in [-0.2, -0.15) is 0 Å². The van der Waals surface area contributed by atoms with E-state index in [1.54, 1.807) is 0 Å². The zero-order valence-corrected chi connectivity index (χ0v) is 11.8. The highest BCUT2D eigenvalue weighted by atomic mass is 32.2. The minimum atomic E-state index is -3.19. The summed E-state index contributed by atoms with van der Waals surface area (Å²) in [5, 5.41) is 8.86. The standard InChI is InChI=1S/C11H18N2O6S/c14-10(2-4-13-3-1-7-20(13,17)18)12-5-6-19-9(8-12)11(15)16/h9H,1-8H2,(H,15,16).